The zero-order valence-corrected chi connectivity index (χ0v) is 18.5. The molecule has 0 spiro atoms. The van der Waals surface area contributed by atoms with Gasteiger partial charge in [-0.1, -0.05) is 0 Å². The first-order valence-corrected chi connectivity index (χ1v) is 8.42. The van der Waals surface area contributed by atoms with Gasteiger partial charge >= 0.3 is 0 Å². The van der Waals surface area contributed by atoms with E-state index in [1.54, 1.807) is 7.05 Å². The first-order chi connectivity index (χ1) is 10.9. The fraction of sp³-hybridized carbons (Fsp3) is 0.812. The number of hydrogen-bond acceptors (Lipinski definition) is 4. The molecule has 0 aliphatic rings. The molecule has 8 heteroatoms. The van der Waals surface area contributed by atoms with E-state index in [1.165, 1.54) is 0 Å². The summed E-state index contributed by atoms with van der Waals surface area (Å²) in [5.74, 6) is 2.61. The van der Waals surface area contributed by atoms with E-state index >= 15 is 0 Å². The molecule has 0 saturated carbocycles. The second-order valence-corrected chi connectivity index (χ2v) is 6.35. The predicted molar refractivity (Wildman–Crippen MR) is 111 cm³/mol. The molecule has 1 aromatic heterocycles. The van der Waals surface area contributed by atoms with Crippen LogP contribution in [0.3, 0.4) is 0 Å². The second-order valence-electron chi connectivity index (χ2n) is 6.35. The minimum absolute atomic E-state index is 0. The molecule has 1 aromatic rings. The van der Waals surface area contributed by atoms with Crippen molar-refractivity contribution in [1.29, 1.82) is 0 Å². The van der Waals surface area contributed by atoms with Crippen LogP contribution in [0.15, 0.2) is 4.99 Å². The summed E-state index contributed by atoms with van der Waals surface area (Å²) in [6.07, 6.45) is 1.08. The van der Waals surface area contributed by atoms with Gasteiger partial charge in [0.15, 0.2) is 11.8 Å². The van der Waals surface area contributed by atoms with Crippen LogP contribution in [0.1, 0.15) is 45.8 Å². The molecular formula is C16H34IN7. The Morgan fingerprint density at radius 2 is 1.79 bits per heavy atom. The number of aliphatic imine (C=N–C) groups is 1. The molecule has 0 aliphatic heterocycles. The molecule has 0 unspecified atom stereocenters. The van der Waals surface area contributed by atoms with Crippen molar-refractivity contribution < 1.29 is 0 Å². The van der Waals surface area contributed by atoms with Gasteiger partial charge < -0.3 is 15.2 Å². The molecule has 1 heterocycles. The molecule has 0 bridgehead atoms. The zero-order chi connectivity index (χ0) is 17.4. The molecule has 2 N–H and O–H groups in total. The van der Waals surface area contributed by atoms with Crippen molar-refractivity contribution in [2.75, 3.05) is 20.1 Å². The number of aryl methyl sites for hydroxylation is 1. The smallest absolute Gasteiger partial charge is 0.191 e. The van der Waals surface area contributed by atoms with Crippen LogP contribution in [0, 0.1) is 6.92 Å². The van der Waals surface area contributed by atoms with Crippen LogP contribution in [0.2, 0.25) is 0 Å². The van der Waals surface area contributed by atoms with Gasteiger partial charge in [0.2, 0.25) is 0 Å². The van der Waals surface area contributed by atoms with Gasteiger partial charge in [-0.05, 0) is 41.0 Å². The summed E-state index contributed by atoms with van der Waals surface area (Å²) in [6.45, 7) is 13.5. The van der Waals surface area contributed by atoms with Crippen molar-refractivity contribution in [1.82, 2.24) is 30.3 Å². The molecule has 0 saturated heterocycles. The molecule has 7 nitrogen and oxygen atoms in total. The number of nitrogens with zero attached hydrogens (tertiary/aromatic N) is 5. The zero-order valence-electron chi connectivity index (χ0n) is 16.1. The first-order valence-electron chi connectivity index (χ1n) is 8.42. The lowest BCUT2D eigenvalue weighted by molar-refractivity contribution is 0.173. The molecule has 140 valence electrons. The molecule has 0 amide bonds. The van der Waals surface area contributed by atoms with Gasteiger partial charge in [-0.15, -0.1) is 34.2 Å². The first kappa shape index (κ1) is 23.1. The van der Waals surface area contributed by atoms with E-state index in [-0.39, 0.29) is 24.0 Å². The largest absolute Gasteiger partial charge is 0.356 e. The van der Waals surface area contributed by atoms with E-state index in [0.29, 0.717) is 18.6 Å². The highest BCUT2D eigenvalue weighted by Crippen LogP contribution is 2.05. The minimum Gasteiger partial charge on any atom is -0.356 e. The Kier molecular flexibility index (Phi) is 11.2. The van der Waals surface area contributed by atoms with Gasteiger partial charge in [-0.2, -0.15) is 0 Å². The lowest BCUT2D eigenvalue weighted by atomic mass is 10.2. The molecule has 0 aliphatic carbocycles. The van der Waals surface area contributed by atoms with Gasteiger partial charge in [0.05, 0.1) is 6.54 Å². The number of rotatable bonds is 8. The quantitative estimate of drug-likeness (QED) is 0.274. The number of halogens is 1. The second kappa shape index (κ2) is 11.6. The lowest BCUT2D eigenvalue weighted by Crippen LogP contribution is -2.41. The SMILES string of the molecule is CN=C(NCCCN(C(C)C)C(C)C)NCc1nnc(C)n1C.I. The van der Waals surface area contributed by atoms with Crippen LogP contribution in [-0.4, -0.2) is 57.8 Å². The van der Waals surface area contributed by atoms with Crippen LogP contribution in [0.4, 0.5) is 0 Å². The Labute approximate surface area is 163 Å². The summed E-state index contributed by atoms with van der Waals surface area (Å²) < 4.78 is 1.98. The molecule has 0 radical (unpaired) electrons. The standard InChI is InChI=1S/C16H33N7.HI/c1-12(2)23(13(3)4)10-8-9-18-16(17-6)19-11-15-21-20-14(5)22(15)7;/h12-13H,8-11H2,1-7H3,(H2,17,18,19);1H. The third-order valence-corrected chi connectivity index (χ3v) is 4.03. The highest BCUT2D eigenvalue weighted by atomic mass is 127. The molecule has 24 heavy (non-hydrogen) atoms. The summed E-state index contributed by atoms with van der Waals surface area (Å²) in [6, 6.07) is 1.15. The molecule has 1 rings (SSSR count). The Morgan fingerprint density at radius 3 is 2.25 bits per heavy atom. The van der Waals surface area contributed by atoms with Crippen LogP contribution in [0.25, 0.3) is 0 Å². The summed E-state index contributed by atoms with van der Waals surface area (Å²) in [4.78, 5) is 6.75. The summed E-state index contributed by atoms with van der Waals surface area (Å²) >= 11 is 0. The van der Waals surface area contributed by atoms with Crippen molar-refractivity contribution in [3.8, 4) is 0 Å². The highest BCUT2D eigenvalue weighted by Gasteiger charge is 2.12. The van der Waals surface area contributed by atoms with Crippen molar-refractivity contribution in [2.24, 2.45) is 12.0 Å². The van der Waals surface area contributed by atoms with E-state index in [0.717, 1.165) is 37.1 Å². The van der Waals surface area contributed by atoms with Crippen LogP contribution in [-0.2, 0) is 13.6 Å². The van der Waals surface area contributed by atoms with E-state index in [4.69, 9.17) is 0 Å². The molecule has 0 aromatic carbocycles. The highest BCUT2D eigenvalue weighted by molar-refractivity contribution is 14.0. The van der Waals surface area contributed by atoms with Crippen molar-refractivity contribution in [3.05, 3.63) is 11.6 Å². The summed E-state index contributed by atoms with van der Waals surface area (Å²) in [7, 11) is 3.75. The maximum Gasteiger partial charge on any atom is 0.191 e. The molecular weight excluding hydrogens is 417 g/mol. The van der Waals surface area contributed by atoms with Gasteiger partial charge in [-0.3, -0.25) is 9.89 Å². The third-order valence-electron chi connectivity index (χ3n) is 4.03. The maximum atomic E-state index is 4.25. The fourth-order valence-corrected chi connectivity index (χ4v) is 2.57. The Morgan fingerprint density at radius 1 is 1.17 bits per heavy atom. The van der Waals surface area contributed by atoms with Gasteiger partial charge in [-0.25, -0.2) is 0 Å². The third kappa shape index (κ3) is 7.33. The number of guanidine groups is 1. The average molecular weight is 451 g/mol. The number of aromatic nitrogens is 3. The minimum atomic E-state index is 0. The van der Waals surface area contributed by atoms with E-state index in [9.17, 15) is 0 Å². The van der Waals surface area contributed by atoms with E-state index in [2.05, 4.69) is 58.4 Å². The topological polar surface area (TPSA) is 70.4 Å². The normalized spacial score (nSPS) is 12.0. The maximum absolute atomic E-state index is 4.25. The molecule has 0 fully saturated rings. The van der Waals surface area contributed by atoms with Crippen molar-refractivity contribution in [2.45, 2.75) is 59.7 Å². The Balaban J connectivity index is 0.00000529. The van der Waals surface area contributed by atoms with Gasteiger partial charge in [0, 0.05) is 39.3 Å². The Bertz CT molecular complexity index is 489. The summed E-state index contributed by atoms with van der Waals surface area (Å²) in [5, 5.41) is 14.8. The fourth-order valence-electron chi connectivity index (χ4n) is 2.57. The average Bonchev–Trinajstić information content (AvgIpc) is 2.81. The van der Waals surface area contributed by atoms with Gasteiger partial charge in [0.1, 0.15) is 5.82 Å². The number of hydrogen-bond donors (Lipinski definition) is 2. The van der Waals surface area contributed by atoms with Crippen molar-refractivity contribution >= 4 is 29.9 Å². The van der Waals surface area contributed by atoms with Crippen LogP contribution in [0.5, 0.6) is 0 Å². The van der Waals surface area contributed by atoms with E-state index < -0.39 is 0 Å². The molecule has 0 atom stereocenters. The Hall–Kier alpha value is -0.900. The number of nitrogens with one attached hydrogen (secondary N) is 2. The van der Waals surface area contributed by atoms with E-state index in [1.807, 2.05) is 18.5 Å². The summed E-state index contributed by atoms with van der Waals surface area (Å²) in [5.41, 5.74) is 0. The van der Waals surface area contributed by atoms with Crippen LogP contribution < -0.4 is 10.6 Å². The predicted octanol–water partition coefficient (Wildman–Crippen LogP) is 1.92. The lowest BCUT2D eigenvalue weighted by Gasteiger charge is -2.30. The monoisotopic (exact) mass is 451 g/mol. The van der Waals surface area contributed by atoms with Crippen LogP contribution >= 0.6 is 24.0 Å². The van der Waals surface area contributed by atoms with Crippen molar-refractivity contribution in [3.63, 3.8) is 0 Å². The van der Waals surface area contributed by atoms with Gasteiger partial charge in [0.25, 0.3) is 0 Å².